The number of aryl methyl sites for hydroxylation is 1. The van der Waals surface area contributed by atoms with Gasteiger partial charge in [0.1, 0.15) is 18.1 Å². The summed E-state index contributed by atoms with van der Waals surface area (Å²) in [6.07, 6.45) is 4.01. The molecule has 1 aromatic carbocycles. The van der Waals surface area contributed by atoms with E-state index >= 15 is 0 Å². The molecule has 1 aliphatic rings. The second kappa shape index (κ2) is 12.3. The Morgan fingerprint density at radius 3 is 2.62 bits per heavy atom. The number of carbonyl (C=O) groups excluding carboxylic acids is 2. The van der Waals surface area contributed by atoms with Crippen LogP contribution in [0.3, 0.4) is 0 Å². The third kappa shape index (κ3) is 6.17. The molecular formula is C28H32N6O5S. The van der Waals surface area contributed by atoms with Crippen molar-refractivity contribution in [2.45, 2.75) is 57.8 Å². The monoisotopic (exact) mass is 564 g/mol. The minimum absolute atomic E-state index is 0.0887. The van der Waals surface area contributed by atoms with Gasteiger partial charge in [-0.3, -0.25) is 9.59 Å². The maximum absolute atomic E-state index is 13.9. The molecule has 40 heavy (non-hydrogen) atoms. The van der Waals surface area contributed by atoms with Gasteiger partial charge in [0.2, 0.25) is 11.7 Å². The Balaban J connectivity index is 1.42. The highest BCUT2D eigenvalue weighted by Crippen LogP contribution is 2.31. The van der Waals surface area contributed by atoms with E-state index in [9.17, 15) is 9.59 Å². The molecule has 0 unspecified atom stereocenters. The van der Waals surface area contributed by atoms with Crippen molar-refractivity contribution >= 4 is 23.2 Å². The van der Waals surface area contributed by atoms with Gasteiger partial charge in [-0.15, -0.1) is 21.5 Å². The van der Waals surface area contributed by atoms with Gasteiger partial charge in [0.15, 0.2) is 17.5 Å². The molecule has 210 valence electrons. The van der Waals surface area contributed by atoms with Crippen molar-refractivity contribution in [2.75, 3.05) is 14.2 Å². The highest BCUT2D eigenvalue weighted by atomic mass is 32.1. The molecule has 2 amide bonds. The molecule has 1 saturated carbocycles. The molecule has 0 radical (unpaired) electrons. The fourth-order valence-electron chi connectivity index (χ4n) is 4.88. The maximum atomic E-state index is 13.9. The lowest BCUT2D eigenvalue weighted by molar-refractivity contribution is -0.143. The summed E-state index contributed by atoms with van der Waals surface area (Å²) >= 11 is 1.52. The number of tetrazole rings is 1. The third-order valence-corrected chi connectivity index (χ3v) is 7.75. The van der Waals surface area contributed by atoms with Crippen LogP contribution in [-0.4, -0.2) is 57.2 Å². The van der Waals surface area contributed by atoms with Crippen LogP contribution in [0.4, 0.5) is 0 Å². The topological polar surface area (TPSA) is 125 Å². The van der Waals surface area contributed by atoms with Crippen molar-refractivity contribution < 1.29 is 23.5 Å². The first-order chi connectivity index (χ1) is 19.4. The van der Waals surface area contributed by atoms with Gasteiger partial charge in [0, 0.05) is 16.5 Å². The van der Waals surface area contributed by atoms with E-state index in [0.29, 0.717) is 34.4 Å². The summed E-state index contributed by atoms with van der Waals surface area (Å²) in [6, 6.07) is 11.8. The van der Waals surface area contributed by atoms with Crippen LogP contribution < -0.4 is 14.8 Å². The number of carbonyl (C=O) groups is 2. The summed E-state index contributed by atoms with van der Waals surface area (Å²) in [5, 5.41) is 17.8. The first kappa shape index (κ1) is 27.4. The number of hydrogen-bond donors (Lipinski definition) is 1. The number of benzene rings is 1. The van der Waals surface area contributed by atoms with Crippen molar-refractivity contribution in [3.8, 4) is 22.9 Å². The van der Waals surface area contributed by atoms with E-state index in [0.717, 1.165) is 30.6 Å². The quantitative estimate of drug-likeness (QED) is 0.288. The number of furan rings is 1. The Morgan fingerprint density at radius 1 is 1.15 bits per heavy atom. The van der Waals surface area contributed by atoms with Gasteiger partial charge >= 0.3 is 0 Å². The predicted octanol–water partition coefficient (Wildman–Crippen LogP) is 4.15. The summed E-state index contributed by atoms with van der Waals surface area (Å²) in [7, 11) is 3.11. The Bertz CT molecular complexity index is 1440. The minimum Gasteiger partial charge on any atom is -0.493 e. The van der Waals surface area contributed by atoms with Gasteiger partial charge < -0.3 is 24.1 Å². The second-order valence-corrected chi connectivity index (χ2v) is 10.7. The molecular weight excluding hydrogens is 532 g/mol. The molecule has 1 atom stereocenters. The van der Waals surface area contributed by atoms with E-state index in [2.05, 4.69) is 20.7 Å². The number of methoxy groups -OCH3 is 2. The summed E-state index contributed by atoms with van der Waals surface area (Å²) in [5.74, 6) is 1.91. The van der Waals surface area contributed by atoms with E-state index in [-0.39, 0.29) is 30.9 Å². The van der Waals surface area contributed by atoms with Crippen molar-refractivity contribution in [1.29, 1.82) is 0 Å². The molecule has 3 aromatic heterocycles. The lowest BCUT2D eigenvalue weighted by Crippen LogP contribution is -2.46. The van der Waals surface area contributed by atoms with Gasteiger partial charge in [-0.25, -0.2) is 0 Å². The lowest BCUT2D eigenvalue weighted by atomic mass is 10.1. The van der Waals surface area contributed by atoms with Crippen LogP contribution in [0.5, 0.6) is 11.5 Å². The zero-order valence-electron chi connectivity index (χ0n) is 22.7. The summed E-state index contributed by atoms with van der Waals surface area (Å²) in [6.45, 7) is 1.84. The van der Waals surface area contributed by atoms with E-state index in [1.807, 2.05) is 24.4 Å². The average Bonchev–Trinajstić information content (AvgIpc) is 3.77. The smallest absolute Gasteiger partial charge is 0.250 e. The fraction of sp³-hybridized carbons (Fsp3) is 0.393. The molecule has 3 heterocycles. The van der Waals surface area contributed by atoms with Crippen molar-refractivity contribution in [1.82, 2.24) is 30.4 Å². The number of amides is 2. The van der Waals surface area contributed by atoms with Crippen LogP contribution in [0.1, 0.15) is 48.1 Å². The Labute approximate surface area is 236 Å². The van der Waals surface area contributed by atoms with E-state index in [4.69, 9.17) is 13.9 Å². The van der Waals surface area contributed by atoms with Gasteiger partial charge in [0.25, 0.3) is 5.91 Å². The molecule has 5 rings (SSSR count). The van der Waals surface area contributed by atoms with E-state index in [1.165, 1.54) is 21.0 Å². The zero-order chi connectivity index (χ0) is 28.1. The molecule has 11 nitrogen and oxygen atoms in total. The predicted molar refractivity (Wildman–Crippen MR) is 148 cm³/mol. The Kier molecular flexibility index (Phi) is 8.44. The fourth-order valence-corrected chi connectivity index (χ4v) is 5.58. The third-order valence-electron chi connectivity index (χ3n) is 6.89. The molecule has 0 saturated heterocycles. The molecule has 1 fully saturated rings. The maximum Gasteiger partial charge on any atom is 0.250 e. The first-order valence-corrected chi connectivity index (χ1v) is 14.0. The number of hydrogen-bond acceptors (Lipinski definition) is 9. The number of aromatic nitrogens is 4. The zero-order valence-corrected chi connectivity index (χ0v) is 23.5. The van der Waals surface area contributed by atoms with Gasteiger partial charge in [-0.05, 0) is 66.8 Å². The number of rotatable bonds is 11. The number of thiophene rings is 1. The Morgan fingerprint density at radius 2 is 1.95 bits per heavy atom. The van der Waals surface area contributed by atoms with Crippen LogP contribution in [0.25, 0.3) is 11.4 Å². The molecule has 4 aromatic rings. The number of nitrogens with one attached hydrogen (secondary N) is 1. The van der Waals surface area contributed by atoms with E-state index < -0.39 is 6.04 Å². The van der Waals surface area contributed by atoms with Crippen molar-refractivity contribution in [2.24, 2.45) is 0 Å². The van der Waals surface area contributed by atoms with Gasteiger partial charge in [0.05, 0.1) is 20.8 Å². The van der Waals surface area contributed by atoms with Gasteiger partial charge in [-0.1, -0.05) is 18.9 Å². The van der Waals surface area contributed by atoms with Crippen molar-refractivity contribution in [3.63, 3.8) is 0 Å². The summed E-state index contributed by atoms with van der Waals surface area (Å²) in [5.41, 5.74) is 0.659. The van der Waals surface area contributed by atoms with E-state index in [1.54, 1.807) is 44.6 Å². The van der Waals surface area contributed by atoms with Crippen LogP contribution in [-0.2, 0) is 22.7 Å². The molecule has 1 N–H and O–H groups in total. The lowest BCUT2D eigenvalue weighted by Gasteiger charge is -2.30. The number of nitrogens with zero attached hydrogens (tertiary/aromatic N) is 5. The van der Waals surface area contributed by atoms with Gasteiger partial charge in [-0.2, -0.15) is 4.80 Å². The number of ether oxygens (including phenoxy) is 2. The summed E-state index contributed by atoms with van der Waals surface area (Å²) < 4.78 is 16.6. The van der Waals surface area contributed by atoms with Crippen molar-refractivity contribution in [3.05, 3.63) is 64.2 Å². The molecule has 0 bridgehead atoms. The Hall–Kier alpha value is -4.19. The second-order valence-electron chi connectivity index (χ2n) is 9.66. The average molecular weight is 565 g/mol. The SMILES string of the molecule is COc1ccc(-c2nnn(CC(=O)N(Cc3cccs3)[C@H](C(=O)NC3CCCC3)c3ccc(C)o3)n2)cc1OC. The highest BCUT2D eigenvalue weighted by molar-refractivity contribution is 7.09. The van der Waals surface area contributed by atoms with Crippen LogP contribution in [0.2, 0.25) is 0 Å². The van der Waals surface area contributed by atoms with Crippen LogP contribution in [0.15, 0.2) is 52.3 Å². The van der Waals surface area contributed by atoms with Crippen LogP contribution in [0, 0.1) is 6.92 Å². The summed E-state index contributed by atoms with van der Waals surface area (Å²) in [4.78, 5) is 31.3. The highest BCUT2D eigenvalue weighted by Gasteiger charge is 2.36. The molecule has 0 aliphatic heterocycles. The first-order valence-electron chi connectivity index (χ1n) is 13.1. The normalized spacial score (nSPS) is 14.2. The molecule has 0 spiro atoms. The largest absolute Gasteiger partial charge is 0.493 e. The molecule has 12 heteroatoms. The standard InChI is InChI=1S/C28H32N6O5S/c1-18-10-12-23(39-18)26(28(36)29-20-7-4-5-8-20)33(16-21-9-6-14-40-21)25(35)17-34-31-27(30-32-34)19-11-13-22(37-2)24(15-19)38-3/h6,9-15,20,26H,4-5,7-8,16-17H2,1-3H3,(H,29,36)/t26-/m0/s1. The minimum atomic E-state index is -0.947. The van der Waals surface area contributed by atoms with Crippen LogP contribution >= 0.6 is 11.3 Å². The molecule has 1 aliphatic carbocycles.